The zero-order valence-electron chi connectivity index (χ0n) is 13.3. The topological polar surface area (TPSA) is 29.5 Å². The van der Waals surface area contributed by atoms with Crippen LogP contribution >= 0.6 is 0 Å². The fraction of sp³-hybridized carbons (Fsp3) is 0.421. The standard InChI is InChI=1S/C19H23NO2/c1-14-6-5-11-20(12-14)13-17(21)19-16-8-4-3-7-15(16)9-10-18(19)22-2/h3-4,7-10,14H,5-6,11-13H2,1-2H3. The number of fused-ring (bicyclic) bond motifs is 1. The van der Waals surface area contributed by atoms with Crippen LogP contribution in [-0.4, -0.2) is 37.4 Å². The lowest BCUT2D eigenvalue weighted by atomic mass is 9.97. The van der Waals surface area contributed by atoms with Crippen molar-refractivity contribution in [3.63, 3.8) is 0 Å². The summed E-state index contributed by atoms with van der Waals surface area (Å²) in [5, 5.41) is 2.07. The van der Waals surface area contributed by atoms with Crippen LogP contribution in [0.2, 0.25) is 0 Å². The first kappa shape index (κ1) is 15.0. The first-order valence-corrected chi connectivity index (χ1v) is 8.00. The Bertz CT molecular complexity index is 680. The first-order chi connectivity index (χ1) is 10.7. The summed E-state index contributed by atoms with van der Waals surface area (Å²) in [6, 6.07) is 11.9. The van der Waals surface area contributed by atoms with Crippen molar-refractivity contribution in [3.05, 3.63) is 42.0 Å². The third-order valence-electron chi connectivity index (χ3n) is 4.50. The fourth-order valence-electron chi connectivity index (χ4n) is 3.42. The highest BCUT2D eigenvalue weighted by atomic mass is 16.5. The SMILES string of the molecule is COc1ccc2ccccc2c1C(=O)CN1CCCC(C)C1. The molecule has 1 saturated heterocycles. The van der Waals surface area contributed by atoms with E-state index >= 15 is 0 Å². The molecular weight excluding hydrogens is 274 g/mol. The largest absolute Gasteiger partial charge is 0.496 e. The maximum Gasteiger partial charge on any atom is 0.181 e. The molecule has 3 rings (SSSR count). The van der Waals surface area contributed by atoms with Crippen molar-refractivity contribution in [1.29, 1.82) is 0 Å². The van der Waals surface area contributed by atoms with Gasteiger partial charge in [0.15, 0.2) is 5.78 Å². The van der Waals surface area contributed by atoms with Gasteiger partial charge < -0.3 is 4.74 Å². The van der Waals surface area contributed by atoms with Gasteiger partial charge in [-0.25, -0.2) is 0 Å². The number of rotatable bonds is 4. The predicted molar refractivity (Wildman–Crippen MR) is 89.7 cm³/mol. The highest BCUT2D eigenvalue weighted by molar-refractivity contribution is 6.11. The molecule has 1 fully saturated rings. The monoisotopic (exact) mass is 297 g/mol. The smallest absolute Gasteiger partial charge is 0.181 e. The number of carbonyl (C=O) groups is 1. The van der Waals surface area contributed by atoms with Gasteiger partial charge in [0.25, 0.3) is 0 Å². The van der Waals surface area contributed by atoms with Gasteiger partial charge in [-0.15, -0.1) is 0 Å². The van der Waals surface area contributed by atoms with E-state index in [0.29, 0.717) is 18.2 Å². The van der Waals surface area contributed by atoms with E-state index < -0.39 is 0 Å². The van der Waals surface area contributed by atoms with Crippen molar-refractivity contribution in [2.45, 2.75) is 19.8 Å². The number of carbonyl (C=O) groups excluding carboxylic acids is 1. The predicted octanol–water partition coefficient (Wildman–Crippen LogP) is 3.76. The lowest BCUT2D eigenvalue weighted by Crippen LogP contribution is -2.38. The molecule has 22 heavy (non-hydrogen) atoms. The number of hydrogen-bond acceptors (Lipinski definition) is 3. The van der Waals surface area contributed by atoms with Gasteiger partial charge in [-0.1, -0.05) is 37.3 Å². The maximum atomic E-state index is 12.9. The number of methoxy groups -OCH3 is 1. The summed E-state index contributed by atoms with van der Waals surface area (Å²) >= 11 is 0. The molecule has 0 N–H and O–H groups in total. The lowest BCUT2D eigenvalue weighted by Gasteiger charge is -2.30. The second-order valence-electron chi connectivity index (χ2n) is 6.27. The minimum Gasteiger partial charge on any atom is -0.496 e. The molecule has 0 radical (unpaired) electrons. The molecule has 2 aromatic rings. The second-order valence-corrected chi connectivity index (χ2v) is 6.27. The van der Waals surface area contributed by atoms with Crippen molar-refractivity contribution >= 4 is 16.6 Å². The Balaban J connectivity index is 1.92. The highest BCUT2D eigenvalue weighted by Crippen LogP contribution is 2.29. The zero-order chi connectivity index (χ0) is 15.5. The van der Waals surface area contributed by atoms with E-state index in [1.807, 2.05) is 36.4 Å². The van der Waals surface area contributed by atoms with Gasteiger partial charge in [0.2, 0.25) is 0 Å². The molecule has 3 heteroatoms. The van der Waals surface area contributed by atoms with Crippen LogP contribution in [0.25, 0.3) is 10.8 Å². The number of ether oxygens (including phenoxy) is 1. The number of Topliss-reactive ketones (excluding diaryl/α,β-unsaturated/α-hetero) is 1. The lowest BCUT2D eigenvalue weighted by molar-refractivity contribution is 0.0892. The Hall–Kier alpha value is -1.87. The van der Waals surface area contributed by atoms with Crippen LogP contribution in [0.15, 0.2) is 36.4 Å². The Labute approximate surface area is 131 Å². The van der Waals surface area contributed by atoms with E-state index in [-0.39, 0.29) is 5.78 Å². The molecular formula is C19H23NO2. The quantitative estimate of drug-likeness (QED) is 0.805. The summed E-state index contributed by atoms with van der Waals surface area (Å²) in [6.45, 7) is 4.77. The van der Waals surface area contributed by atoms with E-state index in [9.17, 15) is 4.79 Å². The number of benzene rings is 2. The molecule has 0 saturated carbocycles. The van der Waals surface area contributed by atoms with E-state index in [0.717, 1.165) is 29.4 Å². The van der Waals surface area contributed by atoms with E-state index in [1.54, 1.807) is 7.11 Å². The molecule has 1 aliphatic rings. The van der Waals surface area contributed by atoms with Crippen molar-refractivity contribution in [2.75, 3.05) is 26.7 Å². The summed E-state index contributed by atoms with van der Waals surface area (Å²) in [4.78, 5) is 15.2. The molecule has 1 aliphatic heterocycles. The van der Waals surface area contributed by atoms with Gasteiger partial charge in [0, 0.05) is 6.54 Å². The van der Waals surface area contributed by atoms with Crippen molar-refractivity contribution in [3.8, 4) is 5.75 Å². The Morgan fingerprint density at radius 3 is 2.86 bits per heavy atom. The van der Waals surface area contributed by atoms with Crippen LogP contribution in [0, 0.1) is 5.92 Å². The van der Waals surface area contributed by atoms with Crippen LogP contribution in [0.4, 0.5) is 0 Å². The normalized spacial score (nSPS) is 19.3. The number of hydrogen-bond donors (Lipinski definition) is 0. The van der Waals surface area contributed by atoms with Gasteiger partial charge in [-0.3, -0.25) is 9.69 Å². The summed E-state index contributed by atoms with van der Waals surface area (Å²) in [6.07, 6.45) is 2.45. The third-order valence-corrected chi connectivity index (χ3v) is 4.50. The minimum atomic E-state index is 0.155. The van der Waals surface area contributed by atoms with Gasteiger partial charge in [-0.05, 0) is 42.1 Å². The van der Waals surface area contributed by atoms with Gasteiger partial charge in [0.05, 0.1) is 19.2 Å². The van der Waals surface area contributed by atoms with Crippen LogP contribution in [-0.2, 0) is 0 Å². The summed E-state index contributed by atoms with van der Waals surface area (Å²) in [5.74, 6) is 1.51. The molecule has 3 nitrogen and oxygen atoms in total. The third kappa shape index (κ3) is 3.00. The Morgan fingerprint density at radius 1 is 1.27 bits per heavy atom. The van der Waals surface area contributed by atoms with Crippen LogP contribution < -0.4 is 4.74 Å². The molecule has 1 heterocycles. The van der Waals surface area contributed by atoms with Gasteiger partial charge in [-0.2, -0.15) is 0 Å². The van der Waals surface area contributed by atoms with Crippen molar-refractivity contribution in [1.82, 2.24) is 4.90 Å². The van der Waals surface area contributed by atoms with E-state index in [4.69, 9.17) is 4.74 Å². The molecule has 0 spiro atoms. The van der Waals surface area contributed by atoms with Crippen LogP contribution in [0.3, 0.4) is 0 Å². The van der Waals surface area contributed by atoms with Crippen molar-refractivity contribution in [2.24, 2.45) is 5.92 Å². The van der Waals surface area contributed by atoms with Crippen LogP contribution in [0.1, 0.15) is 30.1 Å². The number of piperidine rings is 1. The highest BCUT2D eigenvalue weighted by Gasteiger charge is 2.22. The molecule has 0 bridgehead atoms. The average molecular weight is 297 g/mol. The van der Waals surface area contributed by atoms with Gasteiger partial charge >= 0.3 is 0 Å². The molecule has 1 atom stereocenters. The average Bonchev–Trinajstić information content (AvgIpc) is 2.53. The Kier molecular flexibility index (Phi) is 4.44. The maximum absolute atomic E-state index is 12.9. The molecule has 0 amide bonds. The van der Waals surface area contributed by atoms with Crippen molar-refractivity contribution < 1.29 is 9.53 Å². The molecule has 0 aromatic heterocycles. The fourth-order valence-corrected chi connectivity index (χ4v) is 3.42. The molecule has 0 aliphatic carbocycles. The minimum absolute atomic E-state index is 0.155. The van der Waals surface area contributed by atoms with Crippen LogP contribution in [0.5, 0.6) is 5.75 Å². The zero-order valence-corrected chi connectivity index (χ0v) is 13.3. The summed E-state index contributed by atoms with van der Waals surface area (Å²) in [5.41, 5.74) is 0.721. The Morgan fingerprint density at radius 2 is 2.09 bits per heavy atom. The first-order valence-electron chi connectivity index (χ1n) is 8.00. The molecule has 116 valence electrons. The number of nitrogens with zero attached hydrogens (tertiary/aromatic N) is 1. The number of ketones is 1. The van der Waals surface area contributed by atoms with Gasteiger partial charge in [0.1, 0.15) is 5.75 Å². The van der Waals surface area contributed by atoms with E-state index in [2.05, 4.69) is 11.8 Å². The number of likely N-dealkylation sites (tertiary alicyclic amines) is 1. The van der Waals surface area contributed by atoms with E-state index in [1.165, 1.54) is 12.8 Å². The second kappa shape index (κ2) is 6.49. The molecule has 2 aromatic carbocycles. The molecule has 1 unspecified atom stereocenters. The summed E-state index contributed by atoms with van der Waals surface area (Å²) in [7, 11) is 1.63. The summed E-state index contributed by atoms with van der Waals surface area (Å²) < 4.78 is 5.45.